The summed E-state index contributed by atoms with van der Waals surface area (Å²) in [6.07, 6.45) is -0.0175. The Morgan fingerprint density at radius 3 is 1.87 bits per heavy atom. The number of benzene rings is 1. The van der Waals surface area contributed by atoms with E-state index in [1.165, 1.54) is 0 Å². The van der Waals surface area contributed by atoms with Crippen molar-refractivity contribution in [1.82, 2.24) is 26.6 Å². The number of amides is 6. The fraction of sp³-hybridized carbons (Fsp3) is 0.567. The second-order valence-electron chi connectivity index (χ2n) is 11.6. The third-order valence-electron chi connectivity index (χ3n) is 6.77. The first kappa shape index (κ1) is 39.8. The van der Waals surface area contributed by atoms with Gasteiger partial charge in [0.1, 0.15) is 30.7 Å². The van der Waals surface area contributed by atoms with Gasteiger partial charge in [-0.05, 0) is 30.2 Å². The Morgan fingerprint density at radius 2 is 1.35 bits per heavy atom. The normalized spacial score (nSPS) is 14.3. The molecule has 0 aromatic heterocycles. The van der Waals surface area contributed by atoms with E-state index in [1.807, 2.05) is 13.8 Å². The Hall–Kier alpha value is -4.18. The lowest BCUT2D eigenvalue weighted by molar-refractivity contribution is -0.138. The SMILES string of the molecule is CC(C)C[C@H](N)C(=O)N[C@@H](CCC(N)=O)C(=O)N[C@@H](Cc1ccccc1)C(=O)N[C@H](C(=O)N[C@@H](CS)C(=O)NCC(=O)O)C(C)C. The van der Waals surface area contributed by atoms with Gasteiger partial charge in [0.2, 0.25) is 35.4 Å². The number of hydrogen-bond donors (Lipinski definition) is 9. The molecule has 0 saturated heterocycles. The number of carboxylic acids is 1. The minimum atomic E-state index is -1.27. The summed E-state index contributed by atoms with van der Waals surface area (Å²) in [5.74, 6) is -6.11. The Bertz CT molecular complexity index is 1210. The third-order valence-corrected chi connectivity index (χ3v) is 7.13. The summed E-state index contributed by atoms with van der Waals surface area (Å²) in [7, 11) is 0. The quantitative estimate of drug-likeness (QED) is 0.0741. The first-order valence-electron chi connectivity index (χ1n) is 14.9. The van der Waals surface area contributed by atoms with Crippen LogP contribution < -0.4 is 38.1 Å². The van der Waals surface area contributed by atoms with Crippen molar-refractivity contribution in [3.63, 3.8) is 0 Å². The zero-order chi connectivity index (χ0) is 35.0. The summed E-state index contributed by atoms with van der Waals surface area (Å²) in [6, 6.07) is 3.00. The van der Waals surface area contributed by atoms with E-state index >= 15 is 0 Å². The largest absolute Gasteiger partial charge is 0.480 e. The van der Waals surface area contributed by atoms with Gasteiger partial charge in [-0.25, -0.2) is 0 Å². The highest BCUT2D eigenvalue weighted by Crippen LogP contribution is 2.10. The lowest BCUT2D eigenvalue weighted by atomic mass is 10.00. The molecule has 1 aromatic carbocycles. The summed E-state index contributed by atoms with van der Waals surface area (Å²) in [5, 5.41) is 21.3. The van der Waals surface area contributed by atoms with Gasteiger partial charge >= 0.3 is 5.97 Å². The summed E-state index contributed by atoms with van der Waals surface area (Å²) >= 11 is 4.07. The summed E-state index contributed by atoms with van der Waals surface area (Å²) in [4.78, 5) is 87.8. The highest BCUT2D eigenvalue weighted by molar-refractivity contribution is 7.80. The first-order valence-corrected chi connectivity index (χ1v) is 15.6. The van der Waals surface area contributed by atoms with Gasteiger partial charge in [-0.1, -0.05) is 58.0 Å². The molecule has 1 aromatic rings. The Labute approximate surface area is 274 Å². The van der Waals surface area contributed by atoms with Crippen molar-refractivity contribution in [2.75, 3.05) is 12.3 Å². The molecule has 6 amide bonds. The first-order chi connectivity index (χ1) is 21.5. The Balaban J connectivity index is 3.24. The van der Waals surface area contributed by atoms with E-state index in [-0.39, 0.29) is 30.9 Å². The van der Waals surface area contributed by atoms with Gasteiger partial charge in [0.25, 0.3) is 0 Å². The summed E-state index contributed by atoms with van der Waals surface area (Å²) in [6.45, 7) is 6.43. The average molecular weight is 666 g/mol. The fourth-order valence-electron chi connectivity index (χ4n) is 4.31. The number of carboxylic acid groups (broad SMARTS) is 1. The maximum absolute atomic E-state index is 13.7. The van der Waals surface area contributed by atoms with E-state index in [4.69, 9.17) is 16.6 Å². The predicted octanol–water partition coefficient (Wildman–Crippen LogP) is -1.41. The molecule has 16 heteroatoms. The van der Waals surface area contributed by atoms with Crippen LogP contribution in [0.4, 0.5) is 0 Å². The molecular weight excluding hydrogens is 618 g/mol. The van der Waals surface area contributed by atoms with Crippen LogP contribution in [0, 0.1) is 11.8 Å². The number of aliphatic carboxylic acids is 1. The highest BCUT2D eigenvalue weighted by atomic mass is 32.1. The van der Waals surface area contributed by atoms with Crippen molar-refractivity contribution in [1.29, 1.82) is 0 Å². The molecule has 0 aliphatic carbocycles. The maximum atomic E-state index is 13.7. The Morgan fingerprint density at radius 1 is 0.783 bits per heavy atom. The number of rotatable bonds is 20. The molecule has 15 nitrogen and oxygen atoms in total. The van der Waals surface area contributed by atoms with Crippen LogP contribution in [-0.2, 0) is 40.0 Å². The van der Waals surface area contributed by atoms with Gasteiger partial charge in [-0.2, -0.15) is 12.6 Å². The van der Waals surface area contributed by atoms with E-state index in [2.05, 4.69) is 39.2 Å². The molecule has 5 atom stereocenters. The average Bonchev–Trinajstić information content (AvgIpc) is 2.98. The topological polar surface area (TPSA) is 252 Å². The van der Waals surface area contributed by atoms with Crippen molar-refractivity contribution in [3.8, 4) is 0 Å². The zero-order valence-electron chi connectivity index (χ0n) is 26.6. The summed E-state index contributed by atoms with van der Waals surface area (Å²) < 4.78 is 0. The van der Waals surface area contributed by atoms with Gasteiger partial charge in [0.05, 0.1) is 6.04 Å². The van der Waals surface area contributed by atoms with Crippen LogP contribution in [0.1, 0.15) is 52.5 Å². The molecule has 1 rings (SSSR count). The lowest BCUT2D eigenvalue weighted by Crippen LogP contribution is -2.60. The lowest BCUT2D eigenvalue weighted by Gasteiger charge is -2.28. The molecule has 0 fully saturated rings. The van der Waals surface area contributed by atoms with E-state index in [1.54, 1.807) is 44.2 Å². The number of carbonyl (C=O) groups is 7. The van der Waals surface area contributed by atoms with Gasteiger partial charge in [-0.3, -0.25) is 33.6 Å². The van der Waals surface area contributed by atoms with Gasteiger partial charge in [-0.15, -0.1) is 0 Å². The zero-order valence-corrected chi connectivity index (χ0v) is 27.5. The second-order valence-corrected chi connectivity index (χ2v) is 12.0. The molecule has 0 aliphatic heterocycles. The van der Waals surface area contributed by atoms with Crippen molar-refractivity contribution in [2.24, 2.45) is 23.3 Å². The Kier molecular flexibility index (Phi) is 17.4. The molecule has 0 heterocycles. The number of carbonyl (C=O) groups excluding carboxylic acids is 6. The molecule has 10 N–H and O–H groups in total. The van der Waals surface area contributed by atoms with E-state index in [0.717, 1.165) is 0 Å². The van der Waals surface area contributed by atoms with E-state index in [0.29, 0.717) is 12.0 Å². The van der Waals surface area contributed by atoms with Crippen LogP contribution in [0.15, 0.2) is 30.3 Å². The van der Waals surface area contributed by atoms with Gasteiger partial charge in [0, 0.05) is 18.6 Å². The maximum Gasteiger partial charge on any atom is 0.322 e. The van der Waals surface area contributed by atoms with Crippen molar-refractivity contribution < 1.29 is 38.7 Å². The highest BCUT2D eigenvalue weighted by Gasteiger charge is 2.33. The van der Waals surface area contributed by atoms with Crippen LogP contribution in [0.5, 0.6) is 0 Å². The smallest absolute Gasteiger partial charge is 0.322 e. The number of nitrogens with one attached hydrogen (secondary N) is 5. The van der Waals surface area contributed by atoms with Crippen LogP contribution in [0.3, 0.4) is 0 Å². The number of nitrogens with two attached hydrogens (primary N) is 2. The molecule has 0 radical (unpaired) electrons. The molecule has 0 bridgehead atoms. The number of primary amides is 1. The van der Waals surface area contributed by atoms with Crippen LogP contribution >= 0.6 is 12.6 Å². The summed E-state index contributed by atoms with van der Waals surface area (Å²) in [5.41, 5.74) is 11.9. The van der Waals surface area contributed by atoms with Crippen LogP contribution in [0.25, 0.3) is 0 Å². The van der Waals surface area contributed by atoms with Crippen LogP contribution in [-0.4, -0.2) is 89.0 Å². The molecule has 0 saturated carbocycles. The molecule has 0 unspecified atom stereocenters. The van der Waals surface area contributed by atoms with Crippen molar-refractivity contribution in [2.45, 2.75) is 83.6 Å². The molecule has 0 aliphatic rings. The third kappa shape index (κ3) is 14.7. The predicted molar refractivity (Wildman–Crippen MR) is 173 cm³/mol. The van der Waals surface area contributed by atoms with Crippen LogP contribution in [0.2, 0.25) is 0 Å². The van der Waals surface area contributed by atoms with E-state index < -0.39 is 84.1 Å². The minimum Gasteiger partial charge on any atom is -0.480 e. The standard InChI is InChI=1S/C30H47N7O8S/c1-16(2)12-19(31)26(41)34-20(10-11-23(32)38)28(43)35-21(13-18-8-6-5-7-9-18)29(44)37-25(17(3)4)30(45)36-22(15-46)27(42)33-14-24(39)40/h5-9,16-17,19-22,25,46H,10-15,31H2,1-4H3,(H2,32,38)(H,33,42)(H,34,41)(H,35,43)(H,36,45)(H,37,44)(H,39,40)/t19-,20-,21-,22-,25-/m0/s1. The van der Waals surface area contributed by atoms with Gasteiger partial charge < -0.3 is 43.2 Å². The fourth-order valence-corrected chi connectivity index (χ4v) is 4.57. The minimum absolute atomic E-state index is 0.00502. The molecular formula is C30H47N7O8S. The van der Waals surface area contributed by atoms with Gasteiger partial charge in [0.15, 0.2) is 0 Å². The molecule has 0 spiro atoms. The monoisotopic (exact) mass is 665 g/mol. The number of thiol groups is 1. The number of hydrogen-bond acceptors (Lipinski definition) is 9. The second kappa shape index (κ2) is 20.0. The molecule has 46 heavy (non-hydrogen) atoms. The van der Waals surface area contributed by atoms with E-state index in [9.17, 15) is 33.6 Å². The van der Waals surface area contributed by atoms with Crippen molar-refractivity contribution >= 4 is 54.0 Å². The van der Waals surface area contributed by atoms with Crippen molar-refractivity contribution in [3.05, 3.63) is 35.9 Å². The molecule has 256 valence electrons.